The second-order valence-corrected chi connectivity index (χ2v) is 9.37. The first kappa shape index (κ1) is 23.8. The van der Waals surface area contributed by atoms with Crippen LogP contribution in [0.15, 0.2) is 68.1 Å². The molecule has 0 aromatic heterocycles. The molecule has 0 saturated carbocycles. The van der Waals surface area contributed by atoms with Crippen molar-refractivity contribution in [3.05, 3.63) is 48.5 Å². The smallest absolute Gasteiger partial charge is 0.418 e. The van der Waals surface area contributed by atoms with Crippen LogP contribution >= 0.6 is 11.8 Å². The zero-order valence-electron chi connectivity index (χ0n) is 16.5. The predicted octanol–water partition coefficient (Wildman–Crippen LogP) is 8.20. The maximum absolute atomic E-state index is 9.75. The number of benzene rings is 2. The van der Waals surface area contributed by atoms with Gasteiger partial charge in [0.25, 0.3) is 0 Å². The number of fused-ring (bicyclic) bond motifs is 2. The fourth-order valence-corrected chi connectivity index (χ4v) is 6.16. The number of rotatable bonds is 6. The van der Waals surface area contributed by atoms with E-state index in [4.69, 9.17) is 0 Å². The molecule has 29 heavy (non-hydrogen) atoms. The summed E-state index contributed by atoms with van der Waals surface area (Å²) >= 11 is 1.88. The van der Waals surface area contributed by atoms with Gasteiger partial charge >= 0.3 is 7.25 Å². The van der Waals surface area contributed by atoms with E-state index in [1.807, 2.05) is 11.8 Å². The normalized spacial score (nSPS) is 12.7. The summed E-state index contributed by atoms with van der Waals surface area (Å²) in [6.07, 6.45) is 9.04. The Balaban J connectivity index is 0.000000537. The van der Waals surface area contributed by atoms with Crippen LogP contribution in [0.1, 0.15) is 51.9 Å². The van der Waals surface area contributed by atoms with Gasteiger partial charge in [0.2, 0.25) is 0 Å². The van der Waals surface area contributed by atoms with Crippen molar-refractivity contribution in [2.45, 2.75) is 71.5 Å². The minimum absolute atomic E-state index is 0.0867. The van der Waals surface area contributed by atoms with Crippen LogP contribution in [-0.2, 0) is 10.9 Å². The Labute approximate surface area is 178 Å². The highest BCUT2D eigenvalue weighted by molar-refractivity contribution is 8.06. The van der Waals surface area contributed by atoms with Crippen molar-refractivity contribution in [3.63, 3.8) is 0 Å². The first-order chi connectivity index (χ1) is 13.9. The minimum atomic E-state index is -6.00. The maximum atomic E-state index is 9.75. The first-order valence-corrected chi connectivity index (χ1v) is 11.9. The van der Waals surface area contributed by atoms with Crippen molar-refractivity contribution < 1.29 is 17.3 Å². The summed E-state index contributed by atoms with van der Waals surface area (Å²) in [6, 6.07) is 17.5. The van der Waals surface area contributed by atoms with Crippen molar-refractivity contribution >= 4 is 29.9 Å². The van der Waals surface area contributed by atoms with E-state index in [-0.39, 0.29) is 10.9 Å². The van der Waals surface area contributed by atoms with E-state index in [9.17, 15) is 17.3 Å². The van der Waals surface area contributed by atoms with Crippen LogP contribution in [0.3, 0.4) is 0 Å². The zero-order chi connectivity index (χ0) is 21.1. The molecule has 1 heterocycles. The highest BCUT2D eigenvalue weighted by atomic mass is 32.2. The molecule has 1 aliphatic rings. The largest absolute Gasteiger partial charge is 0.673 e. The third kappa shape index (κ3) is 8.80. The Morgan fingerprint density at radius 3 is 1.83 bits per heavy atom. The van der Waals surface area contributed by atoms with Crippen LogP contribution in [0, 0.1) is 11.2 Å². The van der Waals surface area contributed by atoms with Gasteiger partial charge in [0.1, 0.15) is 0 Å². The molecule has 3 rings (SSSR count). The third-order valence-corrected chi connectivity index (χ3v) is 7.54. The van der Waals surface area contributed by atoms with Crippen LogP contribution in [0.5, 0.6) is 0 Å². The van der Waals surface area contributed by atoms with Crippen molar-refractivity contribution in [2.75, 3.05) is 0 Å². The maximum Gasteiger partial charge on any atom is 0.673 e. The molecular formula is C22H25BF4S2. The highest BCUT2D eigenvalue weighted by Crippen LogP contribution is 2.44. The van der Waals surface area contributed by atoms with E-state index in [1.54, 1.807) is 0 Å². The summed E-state index contributed by atoms with van der Waals surface area (Å²) in [5.41, 5.74) is 0. The summed E-state index contributed by atoms with van der Waals surface area (Å²) in [6.45, 7) is 2.27. The molecule has 0 amide bonds. The van der Waals surface area contributed by atoms with Crippen LogP contribution in [0.4, 0.5) is 17.3 Å². The van der Waals surface area contributed by atoms with Gasteiger partial charge in [-0.3, -0.25) is 0 Å². The Morgan fingerprint density at radius 2 is 1.28 bits per heavy atom. The molecule has 0 N–H and O–H groups in total. The number of hydrogen-bond acceptors (Lipinski definition) is 1. The summed E-state index contributed by atoms with van der Waals surface area (Å²) in [7, 11) is -6.09. The molecule has 1 aliphatic heterocycles. The molecule has 0 bridgehead atoms. The van der Waals surface area contributed by atoms with Crippen molar-refractivity contribution in [3.8, 4) is 11.2 Å². The van der Waals surface area contributed by atoms with Crippen LogP contribution in [0.25, 0.3) is 0 Å². The second-order valence-electron chi connectivity index (χ2n) is 6.59. The van der Waals surface area contributed by atoms with Crippen LogP contribution in [-0.4, -0.2) is 7.25 Å². The fraction of sp³-hybridized carbons (Fsp3) is 0.364. The Bertz CT molecular complexity index is 776. The van der Waals surface area contributed by atoms with Gasteiger partial charge in [0.05, 0.1) is 9.79 Å². The van der Waals surface area contributed by atoms with E-state index >= 15 is 0 Å². The van der Waals surface area contributed by atoms with Crippen LogP contribution < -0.4 is 0 Å². The average Bonchev–Trinajstić information content (AvgIpc) is 2.68. The van der Waals surface area contributed by atoms with Gasteiger partial charge in [-0.2, -0.15) is 0 Å². The van der Waals surface area contributed by atoms with Gasteiger partial charge in [0.15, 0.2) is 25.9 Å². The summed E-state index contributed by atoms with van der Waals surface area (Å²) in [5.74, 6) is 3.48. The molecule has 7 heteroatoms. The lowest BCUT2D eigenvalue weighted by molar-refractivity contribution is 0.368. The lowest BCUT2D eigenvalue weighted by Crippen LogP contribution is -2.07. The molecule has 0 saturated heterocycles. The topological polar surface area (TPSA) is 0 Å². The fourth-order valence-electron chi connectivity index (χ4n) is 2.87. The van der Waals surface area contributed by atoms with E-state index in [0.717, 1.165) is 6.42 Å². The Morgan fingerprint density at radius 1 is 0.793 bits per heavy atom. The number of unbranched alkanes of at least 4 members (excludes halogenated alkanes) is 6. The molecule has 2 aromatic carbocycles. The van der Waals surface area contributed by atoms with Crippen molar-refractivity contribution in [1.82, 2.24) is 0 Å². The van der Waals surface area contributed by atoms with Gasteiger partial charge in [-0.1, -0.05) is 75.1 Å². The summed E-state index contributed by atoms with van der Waals surface area (Å²) in [4.78, 5) is 5.54. The predicted molar refractivity (Wildman–Crippen MR) is 117 cm³/mol. The molecule has 0 atom stereocenters. The van der Waals surface area contributed by atoms with Gasteiger partial charge in [0, 0.05) is 6.42 Å². The number of halogens is 4. The molecule has 0 unspecified atom stereocenters. The van der Waals surface area contributed by atoms with E-state index in [2.05, 4.69) is 66.6 Å². The first-order valence-electron chi connectivity index (χ1n) is 9.86. The molecule has 0 aliphatic carbocycles. The minimum Gasteiger partial charge on any atom is -0.418 e. The van der Waals surface area contributed by atoms with Crippen molar-refractivity contribution in [2.24, 2.45) is 0 Å². The monoisotopic (exact) mass is 440 g/mol. The molecule has 156 valence electrons. The van der Waals surface area contributed by atoms with Gasteiger partial charge in [-0.05, 0) is 36.6 Å². The molecule has 0 spiro atoms. The van der Waals surface area contributed by atoms with E-state index in [0.29, 0.717) is 0 Å². The standard InChI is InChI=1S/C22H25S2.BF4/c1-2-3-4-5-6-7-8-13-18-24-21-16-11-9-14-19(21)23-20-15-10-12-17-22(20)24;2-1(3,4)5/h9-12,14-17H,2-8H2,1H3;/q+1;-1. The van der Waals surface area contributed by atoms with Gasteiger partial charge < -0.3 is 17.3 Å². The molecule has 0 radical (unpaired) electrons. The zero-order valence-corrected chi connectivity index (χ0v) is 18.1. The third-order valence-electron chi connectivity index (χ3n) is 4.19. The van der Waals surface area contributed by atoms with Gasteiger partial charge in [-0.25, -0.2) is 0 Å². The SMILES string of the molecule is CCCCCCCCC#C[S+]1c2ccccc2Sc2ccccc21.F[B-](F)(F)F. The Kier molecular flexibility index (Phi) is 10.0. The number of hydrogen-bond donors (Lipinski definition) is 0. The quantitative estimate of drug-likeness (QED) is 0.143. The molecule has 0 nitrogen and oxygen atoms in total. The highest BCUT2D eigenvalue weighted by Gasteiger charge is 2.34. The summed E-state index contributed by atoms with van der Waals surface area (Å²) < 4.78 is 39.0. The van der Waals surface area contributed by atoms with E-state index < -0.39 is 7.25 Å². The van der Waals surface area contributed by atoms with Crippen molar-refractivity contribution in [1.29, 1.82) is 0 Å². The average molecular weight is 440 g/mol. The molecule has 0 fully saturated rings. The lowest BCUT2D eigenvalue weighted by atomic mass is 10.1. The van der Waals surface area contributed by atoms with Gasteiger partial charge in [-0.15, -0.1) is 0 Å². The molecular weight excluding hydrogens is 415 g/mol. The molecule has 2 aromatic rings. The summed E-state index contributed by atoms with van der Waals surface area (Å²) in [5, 5.41) is 3.60. The van der Waals surface area contributed by atoms with Crippen LogP contribution in [0.2, 0.25) is 0 Å². The lowest BCUT2D eigenvalue weighted by Gasteiger charge is -2.14. The second kappa shape index (κ2) is 12.2. The Hall–Kier alpha value is -1.52. The van der Waals surface area contributed by atoms with E-state index in [1.165, 1.54) is 58.1 Å².